The Bertz CT molecular complexity index is 1940. The summed E-state index contributed by atoms with van der Waals surface area (Å²) >= 11 is 0. The van der Waals surface area contributed by atoms with Crippen molar-refractivity contribution in [2.75, 3.05) is 0 Å². The number of fused-ring (bicyclic) bond motifs is 3. The van der Waals surface area contributed by atoms with E-state index in [-0.39, 0.29) is 16.4 Å². The molecule has 1 heterocycles. The molecule has 0 aliphatic carbocycles. The molecule has 5 aromatic carbocycles. The van der Waals surface area contributed by atoms with Crippen LogP contribution < -0.4 is 27.3 Å². The minimum atomic E-state index is 0.205. The normalized spacial score (nSPS) is 12.3. The molecule has 1 atom stereocenters. The highest BCUT2D eigenvalue weighted by Gasteiger charge is 2.19. The van der Waals surface area contributed by atoms with Gasteiger partial charge in [-0.2, -0.15) is 0 Å². The minimum absolute atomic E-state index is 0.205. The maximum Gasteiger partial charge on any atom is 0.115 e. The second-order valence-corrected chi connectivity index (χ2v) is 10.9. The monoisotopic (exact) mass is 515 g/mol. The molecule has 0 aliphatic heterocycles. The Morgan fingerprint density at radius 1 is 0.610 bits per heavy atom. The van der Waals surface area contributed by atoms with Crippen LogP contribution in [0.15, 0.2) is 84.9 Å². The standard InChI is InChI=1S/C35H26B5N/c1-4-19(2)23-9-5-6-10-24(23)26-17-21(14-13-20(26)3)22-15-16-29-27(18-22)25-11-7-8-12-28(25)41(29)35-33(39)31(37)30(36)32(38)34(35)40/h5-19H,4H2,1-3H3. The maximum atomic E-state index is 6.52. The van der Waals surface area contributed by atoms with Crippen LogP contribution in [0.25, 0.3) is 49.7 Å². The molecule has 6 heteroatoms. The van der Waals surface area contributed by atoms with Gasteiger partial charge in [0.2, 0.25) is 0 Å². The van der Waals surface area contributed by atoms with E-state index in [1.807, 2.05) is 22.8 Å². The first kappa shape index (κ1) is 27.4. The van der Waals surface area contributed by atoms with E-state index < -0.39 is 0 Å². The summed E-state index contributed by atoms with van der Waals surface area (Å²) in [4.78, 5) is 0. The van der Waals surface area contributed by atoms with Gasteiger partial charge in [0.05, 0.1) is 11.0 Å². The Labute approximate surface area is 249 Å². The fourth-order valence-electron chi connectivity index (χ4n) is 5.95. The molecule has 0 amide bonds. The van der Waals surface area contributed by atoms with Crippen molar-refractivity contribution in [3.05, 3.63) is 96.1 Å². The summed E-state index contributed by atoms with van der Waals surface area (Å²) in [6.07, 6.45) is 1.09. The summed E-state index contributed by atoms with van der Waals surface area (Å²) in [5.41, 5.74) is 11.2. The van der Waals surface area contributed by atoms with Crippen molar-refractivity contribution in [2.45, 2.75) is 33.1 Å². The fourth-order valence-corrected chi connectivity index (χ4v) is 5.95. The number of aromatic nitrogens is 1. The highest BCUT2D eigenvalue weighted by molar-refractivity contribution is 6.68. The zero-order valence-corrected chi connectivity index (χ0v) is 23.7. The lowest BCUT2D eigenvalue weighted by Gasteiger charge is -2.23. The smallest absolute Gasteiger partial charge is 0.115 e. The van der Waals surface area contributed by atoms with Crippen LogP contribution in [0.4, 0.5) is 0 Å². The molecule has 0 fully saturated rings. The second-order valence-electron chi connectivity index (χ2n) is 10.9. The SMILES string of the molecule is [B]c1c([B])c([B])c(-n2c3ccccc3c3cc(-c4ccc(C)c(-c5ccccc5C(C)CC)c4)ccc32)c([B])c1[B]. The number of aryl methyl sites for hydroxylation is 1. The molecule has 6 aromatic rings. The molecule has 0 aliphatic rings. The molecule has 1 aromatic heterocycles. The molecule has 0 saturated carbocycles. The van der Waals surface area contributed by atoms with E-state index >= 15 is 0 Å². The van der Waals surface area contributed by atoms with Crippen LogP contribution in [0, 0.1) is 6.92 Å². The Balaban J connectivity index is 1.58. The van der Waals surface area contributed by atoms with E-state index in [4.69, 9.17) is 39.2 Å². The molecule has 0 spiro atoms. The van der Waals surface area contributed by atoms with Crippen molar-refractivity contribution in [3.63, 3.8) is 0 Å². The predicted octanol–water partition coefficient (Wildman–Crippen LogP) is 3.91. The van der Waals surface area contributed by atoms with Crippen LogP contribution in [-0.2, 0) is 0 Å². The van der Waals surface area contributed by atoms with Gasteiger partial charge >= 0.3 is 0 Å². The van der Waals surface area contributed by atoms with Gasteiger partial charge in [0, 0.05) is 16.5 Å². The molecular formula is C35H26B5N. The topological polar surface area (TPSA) is 4.93 Å². The summed E-state index contributed by atoms with van der Waals surface area (Å²) in [5, 5.41) is 2.15. The van der Waals surface area contributed by atoms with Gasteiger partial charge in [-0.05, 0) is 76.9 Å². The van der Waals surface area contributed by atoms with E-state index in [2.05, 4.69) is 87.5 Å². The van der Waals surface area contributed by atoms with Gasteiger partial charge in [-0.25, -0.2) is 0 Å². The summed E-state index contributed by atoms with van der Waals surface area (Å²) in [6.45, 7) is 6.72. The third-order valence-electron chi connectivity index (χ3n) is 8.53. The van der Waals surface area contributed by atoms with Gasteiger partial charge < -0.3 is 4.57 Å². The maximum absolute atomic E-state index is 6.52. The first-order valence-electron chi connectivity index (χ1n) is 14.0. The lowest BCUT2D eigenvalue weighted by atomic mass is 9.61. The van der Waals surface area contributed by atoms with E-state index in [1.165, 1.54) is 22.3 Å². The Kier molecular flexibility index (Phi) is 7.06. The summed E-state index contributed by atoms with van der Waals surface area (Å²) < 4.78 is 2.04. The number of hydrogen-bond donors (Lipinski definition) is 0. The average Bonchev–Trinajstić information content (AvgIpc) is 3.32. The number of rotatable bonds is 5. The first-order valence-corrected chi connectivity index (χ1v) is 14.0. The van der Waals surface area contributed by atoms with Crippen LogP contribution in [0.1, 0.15) is 37.3 Å². The highest BCUT2D eigenvalue weighted by atomic mass is 15.0. The lowest BCUT2D eigenvalue weighted by molar-refractivity contribution is 0.735. The predicted molar refractivity (Wildman–Crippen MR) is 182 cm³/mol. The molecule has 41 heavy (non-hydrogen) atoms. The number of nitrogens with zero attached hydrogens (tertiary/aromatic N) is 1. The largest absolute Gasteiger partial charge is 0.310 e. The van der Waals surface area contributed by atoms with E-state index in [0.29, 0.717) is 22.5 Å². The quantitative estimate of drug-likeness (QED) is 0.308. The molecule has 0 N–H and O–H groups in total. The van der Waals surface area contributed by atoms with Gasteiger partial charge in [0.1, 0.15) is 39.2 Å². The highest BCUT2D eigenvalue weighted by Crippen LogP contribution is 2.37. The molecule has 1 nitrogen and oxygen atoms in total. The van der Waals surface area contributed by atoms with Crippen LogP contribution >= 0.6 is 0 Å². The molecule has 186 valence electrons. The Hall–Kier alpha value is -3.78. The molecule has 10 radical (unpaired) electrons. The van der Waals surface area contributed by atoms with Crippen LogP contribution in [0.2, 0.25) is 0 Å². The van der Waals surface area contributed by atoms with Crippen LogP contribution in [0.3, 0.4) is 0 Å². The minimum Gasteiger partial charge on any atom is -0.310 e. The summed E-state index contributed by atoms with van der Waals surface area (Å²) in [7, 11) is 31.6. The number of benzene rings is 5. The van der Waals surface area contributed by atoms with Gasteiger partial charge in [-0.15, -0.1) is 16.4 Å². The van der Waals surface area contributed by atoms with Crippen molar-refractivity contribution < 1.29 is 0 Å². The van der Waals surface area contributed by atoms with Crippen LogP contribution in [-0.4, -0.2) is 43.8 Å². The first-order chi connectivity index (χ1) is 19.7. The molecular weight excluding hydrogens is 488 g/mol. The van der Waals surface area contributed by atoms with Crippen molar-refractivity contribution in [2.24, 2.45) is 0 Å². The van der Waals surface area contributed by atoms with E-state index in [9.17, 15) is 0 Å². The van der Waals surface area contributed by atoms with E-state index in [0.717, 1.165) is 39.4 Å². The number of hydrogen-bond acceptors (Lipinski definition) is 0. The fraction of sp³-hybridized carbons (Fsp3) is 0.143. The number of para-hydroxylation sites is 1. The van der Waals surface area contributed by atoms with Crippen molar-refractivity contribution in [3.8, 4) is 27.9 Å². The lowest BCUT2D eigenvalue weighted by Crippen LogP contribution is -2.56. The molecule has 0 saturated heterocycles. The second kappa shape index (κ2) is 10.6. The zero-order valence-electron chi connectivity index (χ0n) is 23.7. The van der Waals surface area contributed by atoms with Gasteiger partial charge in [0.15, 0.2) is 0 Å². The van der Waals surface area contributed by atoms with Gasteiger partial charge in [-0.1, -0.05) is 85.4 Å². The summed E-state index contributed by atoms with van der Waals surface area (Å²) in [5.74, 6) is 0.480. The van der Waals surface area contributed by atoms with Crippen molar-refractivity contribution >= 4 is 88.4 Å². The molecule has 1 unspecified atom stereocenters. The van der Waals surface area contributed by atoms with E-state index in [1.54, 1.807) is 0 Å². The molecule has 6 rings (SSSR count). The van der Waals surface area contributed by atoms with Gasteiger partial charge in [0.25, 0.3) is 0 Å². The van der Waals surface area contributed by atoms with Gasteiger partial charge in [-0.3, -0.25) is 0 Å². The third-order valence-corrected chi connectivity index (χ3v) is 8.53. The van der Waals surface area contributed by atoms with Crippen molar-refractivity contribution in [1.29, 1.82) is 0 Å². The van der Waals surface area contributed by atoms with Crippen LogP contribution in [0.5, 0.6) is 0 Å². The molecule has 0 bridgehead atoms. The third kappa shape index (κ3) is 4.40. The Morgan fingerprint density at radius 3 is 1.93 bits per heavy atom. The Morgan fingerprint density at radius 2 is 1.20 bits per heavy atom. The summed E-state index contributed by atoms with van der Waals surface area (Å²) in [6, 6.07) is 30.2. The van der Waals surface area contributed by atoms with Crippen molar-refractivity contribution in [1.82, 2.24) is 4.57 Å². The average molecular weight is 515 g/mol. The zero-order chi connectivity index (χ0) is 29.0.